The Morgan fingerprint density at radius 3 is 2.12 bits per heavy atom. The van der Waals surface area contributed by atoms with Crippen LogP contribution in [0.25, 0.3) is 27.8 Å². The van der Waals surface area contributed by atoms with Crippen LogP contribution in [0.1, 0.15) is 35.6 Å². The Balaban J connectivity index is 1.82. The Kier molecular flexibility index (Phi) is 6.73. The standard InChI is InChI=1S/C28H23NO2S/c1-2-25(21-6-4-3-5-7-21)27(22-11-8-20(9-12-22)10-17-26(30)31)23-13-15-24(16-14-23)28-29-18-19-32-28/h3-19H,2H2,1H3,(H,30,31). The normalized spacial score (nSPS) is 12.0. The van der Waals surface area contributed by atoms with Crippen LogP contribution in [0.5, 0.6) is 0 Å². The third-order valence-corrected chi connectivity index (χ3v) is 6.07. The minimum atomic E-state index is -0.952. The SMILES string of the molecule is CCC(=C(c1ccc(C=CC(=O)O)cc1)c1ccc(-c2nccs2)cc1)c1ccccc1. The van der Waals surface area contributed by atoms with E-state index in [1.807, 2.05) is 29.8 Å². The summed E-state index contributed by atoms with van der Waals surface area (Å²) in [5.74, 6) is -0.952. The number of thiazole rings is 1. The molecule has 0 aliphatic rings. The number of carboxylic acid groups (broad SMARTS) is 1. The third kappa shape index (κ3) is 4.93. The molecule has 0 bridgehead atoms. The number of allylic oxidation sites excluding steroid dienone is 1. The summed E-state index contributed by atoms with van der Waals surface area (Å²) >= 11 is 1.63. The predicted octanol–water partition coefficient (Wildman–Crippen LogP) is 7.28. The number of hydrogen-bond acceptors (Lipinski definition) is 3. The largest absolute Gasteiger partial charge is 0.478 e. The maximum atomic E-state index is 10.8. The second-order valence-electron chi connectivity index (χ2n) is 7.28. The van der Waals surface area contributed by atoms with Crippen LogP contribution in [0, 0.1) is 0 Å². The molecule has 0 amide bonds. The predicted molar refractivity (Wildman–Crippen MR) is 133 cm³/mol. The smallest absolute Gasteiger partial charge is 0.328 e. The highest BCUT2D eigenvalue weighted by Crippen LogP contribution is 2.35. The molecule has 0 unspecified atom stereocenters. The number of nitrogens with zero attached hydrogens (tertiary/aromatic N) is 1. The molecule has 4 rings (SSSR count). The Morgan fingerprint density at radius 1 is 0.906 bits per heavy atom. The van der Waals surface area contributed by atoms with Crippen molar-refractivity contribution in [2.75, 3.05) is 0 Å². The first-order chi connectivity index (χ1) is 15.7. The molecule has 0 aliphatic heterocycles. The summed E-state index contributed by atoms with van der Waals surface area (Å²) in [5.41, 5.74) is 7.84. The van der Waals surface area contributed by atoms with Gasteiger partial charge in [-0.05, 0) is 45.9 Å². The van der Waals surface area contributed by atoms with E-state index in [4.69, 9.17) is 5.11 Å². The molecule has 3 nitrogen and oxygen atoms in total. The first-order valence-corrected chi connectivity index (χ1v) is 11.3. The Morgan fingerprint density at radius 2 is 1.56 bits per heavy atom. The molecule has 0 fully saturated rings. The van der Waals surface area contributed by atoms with Gasteiger partial charge in [0.1, 0.15) is 5.01 Å². The van der Waals surface area contributed by atoms with Crippen LogP contribution in [-0.2, 0) is 4.79 Å². The zero-order valence-electron chi connectivity index (χ0n) is 17.7. The molecule has 0 saturated heterocycles. The molecule has 1 heterocycles. The van der Waals surface area contributed by atoms with E-state index in [9.17, 15) is 4.79 Å². The lowest BCUT2D eigenvalue weighted by Gasteiger charge is -2.17. The van der Waals surface area contributed by atoms with Crippen molar-refractivity contribution in [1.29, 1.82) is 0 Å². The number of benzene rings is 3. The van der Waals surface area contributed by atoms with Gasteiger partial charge in [-0.15, -0.1) is 11.3 Å². The van der Waals surface area contributed by atoms with Crippen LogP contribution in [0.2, 0.25) is 0 Å². The average molecular weight is 438 g/mol. The van der Waals surface area contributed by atoms with Gasteiger partial charge in [-0.3, -0.25) is 0 Å². The Bertz CT molecular complexity index is 1240. The molecule has 0 atom stereocenters. The van der Waals surface area contributed by atoms with E-state index in [1.165, 1.54) is 16.7 Å². The summed E-state index contributed by atoms with van der Waals surface area (Å²) < 4.78 is 0. The molecule has 1 N–H and O–H groups in total. The maximum Gasteiger partial charge on any atom is 0.328 e. The number of carboxylic acids is 1. The van der Waals surface area contributed by atoms with E-state index in [2.05, 4.69) is 72.6 Å². The quantitative estimate of drug-likeness (QED) is 0.244. The third-order valence-electron chi connectivity index (χ3n) is 5.25. The summed E-state index contributed by atoms with van der Waals surface area (Å²) in [7, 11) is 0. The molecule has 4 aromatic rings. The summed E-state index contributed by atoms with van der Waals surface area (Å²) in [5, 5.41) is 11.9. The molecular formula is C28H23NO2S. The van der Waals surface area contributed by atoms with Crippen LogP contribution in [0.15, 0.2) is 96.5 Å². The summed E-state index contributed by atoms with van der Waals surface area (Å²) in [6.45, 7) is 2.18. The van der Waals surface area contributed by atoms with Gasteiger partial charge in [0.05, 0.1) is 0 Å². The molecule has 4 heteroatoms. The fourth-order valence-electron chi connectivity index (χ4n) is 3.75. The number of aliphatic carboxylic acids is 1. The van der Waals surface area contributed by atoms with Gasteiger partial charge in [-0.2, -0.15) is 0 Å². The maximum absolute atomic E-state index is 10.8. The lowest BCUT2D eigenvalue weighted by Crippen LogP contribution is -1.95. The van der Waals surface area contributed by atoms with E-state index < -0.39 is 5.97 Å². The zero-order valence-corrected chi connectivity index (χ0v) is 18.5. The summed E-state index contributed by atoms with van der Waals surface area (Å²) in [6.07, 6.45) is 5.47. The van der Waals surface area contributed by atoms with Gasteiger partial charge in [-0.1, -0.05) is 85.8 Å². The van der Waals surface area contributed by atoms with Gasteiger partial charge in [0.2, 0.25) is 0 Å². The Hall–Kier alpha value is -3.76. The van der Waals surface area contributed by atoms with E-state index in [0.29, 0.717) is 0 Å². The van der Waals surface area contributed by atoms with Crippen LogP contribution in [-0.4, -0.2) is 16.1 Å². The van der Waals surface area contributed by atoms with E-state index in [1.54, 1.807) is 17.4 Å². The van der Waals surface area contributed by atoms with Crippen LogP contribution in [0.4, 0.5) is 0 Å². The molecule has 0 aliphatic carbocycles. The summed E-state index contributed by atoms with van der Waals surface area (Å²) in [4.78, 5) is 15.2. The second-order valence-corrected chi connectivity index (χ2v) is 8.18. The molecule has 0 saturated carbocycles. The highest BCUT2D eigenvalue weighted by Gasteiger charge is 2.13. The van der Waals surface area contributed by atoms with Crippen LogP contribution in [0.3, 0.4) is 0 Å². The van der Waals surface area contributed by atoms with Crippen molar-refractivity contribution in [3.8, 4) is 10.6 Å². The molecule has 158 valence electrons. The van der Waals surface area contributed by atoms with Crippen molar-refractivity contribution in [2.45, 2.75) is 13.3 Å². The van der Waals surface area contributed by atoms with Gasteiger partial charge < -0.3 is 5.11 Å². The first kappa shape index (κ1) is 21.5. The lowest BCUT2D eigenvalue weighted by molar-refractivity contribution is -0.131. The highest BCUT2D eigenvalue weighted by molar-refractivity contribution is 7.13. The van der Waals surface area contributed by atoms with Crippen molar-refractivity contribution in [3.05, 3.63) is 119 Å². The first-order valence-electron chi connectivity index (χ1n) is 10.5. The molecule has 32 heavy (non-hydrogen) atoms. The van der Waals surface area contributed by atoms with Gasteiger partial charge in [0, 0.05) is 23.2 Å². The fraction of sp³-hybridized carbons (Fsp3) is 0.0714. The molecule has 3 aromatic carbocycles. The van der Waals surface area contributed by atoms with Gasteiger partial charge in [0.25, 0.3) is 0 Å². The fourth-order valence-corrected chi connectivity index (χ4v) is 4.40. The van der Waals surface area contributed by atoms with Gasteiger partial charge in [-0.25, -0.2) is 9.78 Å². The highest BCUT2D eigenvalue weighted by atomic mass is 32.1. The minimum Gasteiger partial charge on any atom is -0.478 e. The van der Waals surface area contributed by atoms with Crippen molar-refractivity contribution in [1.82, 2.24) is 4.98 Å². The van der Waals surface area contributed by atoms with Crippen LogP contribution >= 0.6 is 11.3 Å². The van der Waals surface area contributed by atoms with Crippen molar-refractivity contribution in [3.63, 3.8) is 0 Å². The average Bonchev–Trinajstić information content (AvgIpc) is 3.37. The zero-order chi connectivity index (χ0) is 22.3. The van der Waals surface area contributed by atoms with E-state index in [0.717, 1.165) is 39.8 Å². The number of rotatable bonds is 7. The van der Waals surface area contributed by atoms with Gasteiger partial charge in [0.15, 0.2) is 0 Å². The second kappa shape index (κ2) is 10.0. The minimum absolute atomic E-state index is 0.854. The lowest BCUT2D eigenvalue weighted by atomic mass is 9.87. The number of carbonyl (C=O) groups is 1. The summed E-state index contributed by atoms with van der Waals surface area (Å²) in [6, 6.07) is 27.0. The van der Waals surface area contributed by atoms with Crippen molar-refractivity contribution >= 4 is 34.5 Å². The van der Waals surface area contributed by atoms with Crippen molar-refractivity contribution in [2.24, 2.45) is 0 Å². The molecule has 1 aromatic heterocycles. The van der Waals surface area contributed by atoms with E-state index >= 15 is 0 Å². The topological polar surface area (TPSA) is 50.2 Å². The molecule has 0 radical (unpaired) electrons. The molecular weight excluding hydrogens is 414 g/mol. The van der Waals surface area contributed by atoms with E-state index in [-0.39, 0.29) is 0 Å². The van der Waals surface area contributed by atoms with Crippen molar-refractivity contribution < 1.29 is 9.90 Å². The van der Waals surface area contributed by atoms with Gasteiger partial charge >= 0.3 is 5.97 Å². The molecule has 0 spiro atoms. The number of hydrogen-bond donors (Lipinski definition) is 1. The monoisotopic (exact) mass is 437 g/mol. The van der Waals surface area contributed by atoms with Crippen LogP contribution < -0.4 is 0 Å². The Labute approximate surface area is 192 Å². The number of aromatic nitrogens is 1.